The van der Waals surface area contributed by atoms with Crippen molar-refractivity contribution in [2.75, 3.05) is 11.4 Å². The van der Waals surface area contributed by atoms with E-state index >= 15 is 0 Å². The zero-order chi connectivity index (χ0) is 12.5. The highest BCUT2D eigenvalue weighted by Crippen LogP contribution is 2.39. The molecule has 2 heteroatoms. The van der Waals surface area contributed by atoms with Crippen LogP contribution in [0, 0.1) is 12.8 Å². The van der Waals surface area contributed by atoms with Gasteiger partial charge in [-0.3, -0.25) is 0 Å². The Hall–Kier alpha value is -1.02. The molecule has 2 aliphatic rings. The number of nitrogens with two attached hydrogens (primary N) is 1. The summed E-state index contributed by atoms with van der Waals surface area (Å²) in [4.78, 5) is 2.64. The second-order valence-corrected chi connectivity index (χ2v) is 5.93. The molecule has 1 saturated heterocycles. The summed E-state index contributed by atoms with van der Waals surface area (Å²) in [5.74, 6) is 0.936. The first-order valence-corrected chi connectivity index (χ1v) is 7.36. The van der Waals surface area contributed by atoms with Crippen molar-refractivity contribution in [3.8, 4) is 0 Å². The van der Waals surface area contributed by atoms with Crippen LogP contribution in [0.4, 0.5) is 5.69 Å². The molecule has 1 saturated carbocycles. The summed E-state index contributed by atoms with van der Waals surface area (Å²) in [5.41, 5.74) is 9.97. The third-order valence-corrected chi connectivity index (χ3v) is 4.77. The molecule has 2 fully saturated rings. The minimum Gasteiger partial charge on any atom is -0.368 e. The summed E-state index contributed by atoms with van der Waals surface area (Å²) >= 11 is 0. The summed E-state index contributed by atoms with van der Waals surface area (Å²) < 4.78 is 0. The average molecular weight is 244 g/mol. The number of rotatable bonds is 2. The van der Waals surface area contributed by atoms with E-state index in [0.717, 1.165) is 12.0 Å². The SMILES string of the molecule is Cc1ccc(N2CCC3CCCCC32)c(CN)c1. The van der Waals surface area contributed by atoms with Gasteiger partial charge < -0.3 is 10.6 Å². The van der Waals surface area contributed by atoms with Crippen molar-refractivity contribution in [2.24, 2.45) is 11.7 Å². The molecule has 0 amide bonds. The number of aryl methyl sites for hydroxylation is 1. The lowest BCUT2D eigenvalue weighted by atomic mass is 9.85. The lowest BCUT2D eigenvalue weighted by Crippen LogP contribution is -2.35. The summed E-state index contributed by atoms with van der Waals surface area (Å²) in [7, 11) is 0. The third kappa shape index (κ3) is 2.03. The molecular weight excluding hydrogens is 220 g/mol. The summed E-state index contributed by atoms with van der Waals surface area (Å²) in [6, 6.07) is 7.55. The molecule has 0 radical (unpaired) electrons. The molecule has 2 unspecified atom stereocenters. The fourth-order valence-corrected chi connectivity index (χ4v) is 3.86. The van der Waals surface area contributed by atoms with Crippen molar-refractivity contribution < 1.29 is 0 Å². The van der Waals surface area contributed by atoms with Gasteiger partial charge in [-0.1, -0.05) is 30.5 Å². The summed E-state index contributed by atoms with van der Waals surface area (Å²) in [6.07, 6.45) is 7.03. The monoisotopic (exact) mass is 244 g/mol. The number of hydrogen-bond acceptors (Lipinski definition) is 2. The number of benzene rings is 1. The van der Waals surface area contributed by atoms with Crippen LogP contribution in [-0.4, -0.2) is 12.6 Å². The minimum absolute atomic E-state index is 0.658. The van der Waals surface area contributed by atoms with Crippen molar-refractivity contribution in [2.45, 2.75) is 51.6 Å². The number of anilines is 1. The van der Waals surface area contributed by atoms with E-state index in [1.165, 1.54) is 55.5 Å². The second-order valence-electron chi connectivity index (χ2n) is 5.93. The normalized spacial score (nSPS) is 27.3. The standard InChI is InChI=1S/C16H24N2/c1-12-6-7-16(14(10-12)11-17)18-9-8-13-4-2-3-5-15(13)18/h6-7,10,13,15H,2-5,8-9,11,17H2,1H3. The van der Waals surface area contributed by atoms with Gasteiger partial charge in [0.1, 0.15) is 0 Å². The highest BCUT2D eigenvalue weighted by Gasteiger charge is 2.36. The van der Waals surface area contributed by atoms with E-state index in [1.807, 2.05) is 0 Å². The highest BCUT2D eigenvalue weighted by molar-refractivity contribution is 5.56. The molecule has 1 aromatic carbocycles. The van der Waals surface area contributed by atoms with Crippen LogP contribution in [0.5, 0.6) is 0 Å². The first-order valence-electron chi connectivity index (χ1n) is 7.36. The first-order chi connectivity index (χ1) is 8.79. The Labute approximate surface area is 110 Å². The Kier molecular flexibility index (Phi) is 3.29. The van der Waals surface area contributed by atoms with Crippen LogP contribution >= 0.6 is 0 Å². The fraction of sp³-hybridized carbons (Fsp3) is 0.625. The molecule has 0 aromatic heterocycles. The molecule has 2 nitrogen and oxygen atoms in total. The van der Waals surface area contributed by atoms with E-state index in [1.54, 1.807) is 0 Å². The summed E-state index contributed by atoms with van der Waals surface area (Å²) in [5, 5.41) is 0. The van der Waals surface area contributed by atoms with Gasteiger partial charge in [0.25, 0.3) is 0 Å². The maximum Gasteiger partial charge on any atom is 0.0414 e. The fourth-order valence-electron chi connectivity index (χ4n) is 3.86. The summed E-state index contributed by atoms with van der Waals surface area (Å²) in [6.45, 7) is 4.03. The molecule has 1 aromatic rings. The lowest BCUT2D eigenvalue weighted by molar-refractivity contribution is 0.342. The molecular formula is C16H24N2. The van der Waals surface area contributed by atoms with Crippen LogP contribution < -0.4 is 10.6 Å². The molecule has 2 atom stereocenters. The van der Waals surface area contributed by atoms with Gasteiger partial charge in [-0.15, -0.1) is 0 Å². The molecule has 1 aliphatic carbocycles. The number of nitrogens with zero attached hydrogens (tertiary/aromatic N) is 1. The highest BCUT2D eigenvalue weighted by atomic mass is 15.2. The molecule has 2 N–H and O–H groups in total. The van der Waals surface area contributed by atoms with Crippen LogP contribution in [0.2, 0.25) is 0 Å². The molecule has 1 aliphatic heterocycles. The quantitative estimate of drug-likeness (QED) is 0.865. The van der Waals surface area contributed by atoms with E-state index < -0.39 is 0 Å². The van der Waals surface area contributed by atoms with Crippen molar-refractivity contribution >= 4 is 5.69 Å². The van der Waals surface area contributed by atoms with Gasteiger partial charge in [-0.25, -0.2) is 0 Å². The van der Waals surface area contributed by atoms with E-state index in [0.29, 0.717) is 6.54 Å². The van der Waals surface area contributed by atoms with Crippen LogP contribution in [0.25, 0.3) is 0 Å². The van der Waals surface area contributed by atoms with Crippen LogP contribution in [-0.2, 0) is 6.54 Å². The Balaban J connectivity index is 1.90. The van der Waals surface area contributed by atoms with Gasteiger partial charge in [0, 0.05) is 24.8 Å². The van der Waals surface area contributed by atoms with E-state index in [4.69, 9.17) is 5.73 Å². The van der Waals surface area contributed by atoms with Gasteiger partial charge in [0.05, 0.1) is 0 Å². The van der Waals surface area contributed by atoms with Gasteiger partial charge >= 0.3 is 0 Å². The lowest BCUT2D eigenvalue weighted by Gasteiger charge is -2.34. The van der Waals surface area contributed by atoms with Crippen molar-refractivity contribution in [1.82, 2.24) is 0 Å². The molecule has 98 valence electrons. The largest absolute Gasteiger partial charge is 0.368 e. The van der Waals surface area contributed by atoms with Gasteiger partial charge in [0.15, 0.2) is 0 Å². The van der Waals surface area contributed by atoms with Crippen LogP contribution in [0.15, 0.2) is 18.2 Å². The molecule has 1 heterocycles. The Morgan fingerprint density at radius 1 is 1.22 bits per heavy atom. The van der Waals surface area contributed by atoms with Gasteiger partial charge in [-0.2, -0.15) is 0 Å². The number of fused-ring (bicyclic) bond motifs is 1. The maximum absolute atomic E-state index is 5.93. The Bertz CT molecular complexity index is 427. The number of hydrogen-bond donors (Lipinski definition) is 1. The van der Waals surface area contributed by atoms with Crippen LogP contribution in [0.1, 0.15) is 43.2 Å². The smallest absolute Gasteiger partial charge is 0.0414 e. The van der Waals surface area contributed by atoms with E-state index in [2.05, 4.69) is 30.0 Å². The van der Waals surface area contributed by atoms with Crippen molar-refractivity contribution in [3.05, 3.63) is 29.3 Å². The maximum atomic E-state index is 5.93. The molecule has 18 heavy (non-hydrogen) atoms. The topological polar surface area (TPSA) is 29.3 Å². The van der Waals surface area contributed by atoms with Crippen molar-refractivity contribution in [1.29, 1.82) is 0 Å². The Morgan fingerprint density at radius 3 is 2.89 bits per heavy atom. The molecule has 0 bridgehead atoms. The molecule has 0 spiro atoms. The predicted octanol–water partition coefficient (Wildman–Crippen LogP) is 3.22. The van der Waals surface area contributed by atoms with E-state index in [9.17, 15) is 0 Å². The van der Waals surface area contributed by atoms with Gasteiger partial charge in [0.2, 0.25) is 0 Å². The van der Waals surface area contributed by atoms with Crippen molar-refractivity contribution in [3.63, 3.8) is 0 Å². The third-order valence-electron chi connectivity index (χ3n) is 4.77. The predicted molar refractivity (Wildman–Crippen MR) is 76.8 cm³/mol. The molecule has 3 rings (SSSR count). The van der Waals surface area contributed by atoms with Gasteiger partial charge in [-0.05, 0) is 43.7 Å². The first kappa shape index (κ1) is 12.0. The van der Waals surface area contributed by atoms with E-state index in [-0.39, 0.29) is 0 Å². The second kappa shape index (κ2) is 4.93. The van der Waals surface area contributed by atoms with Crippen LogP contribution in [0.3, 0.4) is 0 Å². The zero-order valence-corrected chi connectivity index (χ0v) is 11.4. The zero-order valence-electron chi connectivity index (χ0n) is 11.4. The minimum atomic E-state index is 0.658. The Morgan fingerprint density at radius 2 is 2.06 bits per heavy atom. The average Bonchev–Trinajstić information content (AvgIpc) is 2.82.